The normalized spacial score (nSPS) is 17.7. The molecule has 2 N–H and O–H groups in total. The van der Waals surface area contributed by atoms with Gasteiger partial charge in [0.05, 0.1) is 18.5 Å². The van der Waals surface area contributed by atoms with Gasteiger partial charge in [-0.15, -0.1) is 0 Å². The molecule has 1 aliphatic heterocycles. The molecule has 0 unspecified atom stereocenters. The zero-order chi connectivity index (χ0) is 26.9. The Morgan fingerprint density at radius 3 is 2.71 bits per heavy atom. The van der Waals surface area contributed by atoms with E-state index < -0.39 is 0 Å². The fourth-order valence-electron chi connectivity index (χ4n) is 4.42. The number of hydrogen-bond acceptors (Lipinski definition) is 7. The summed E-state index contributed by atoms with van der Waals surface area (Å²) in [5.74, 6) is 0.511. The lowest BCUT2D eigenvalue weighted by molar-refractivity contribution is -0.111. The predicted octanol–water partition coefficient (Wildman–Crippen LogP) is 4.62. The first-order chi connectivity index (χ1) is 18.5. The van der Waals surface area contributed by atoms with E-state index in [4.69, 9.17) is 9.73 Å². The predicted molar refractivity (Wildman–Crippen MR) is 159 cm³/mol. The number of nitrogens with zero attached hydrogens (tertiary/aromatic N) is 4. The molecule has 0 radical (unpaired) electrons. The third kappa shape index (κ3) is 6.46. The number of ether oxygens (including phenoxy) is 1. The first-order valence-corrected chi connectivity index (χ1v) is 12.5. The van der Waals surface area contributed by atoms with E-state index in [9.17, 15) is 4.79 Å². The van der Waals surface area contributed by atoms with Gasteiger partial charge < -0.3 is 25.2 Å². The van der Waals surface area contributed by atoms with Crippen molar-refractivity contribution in [2.24, 2.45) is 9.98 Å². The van der Waals surface area contributed by atoms with Gasteiger partial charge in [0.1, 0.15) is 12.4 Å². The summed E-state index contributed by atoms with van der Waals surface area (Å²) < 4.78 is 5.70. The number of rotatable bonds is 9. The molecule has 38 heavy (non-hydrogen) atoms. The third-order valence-corrected chi connectivity index (χ3v) is 6.48. The second kappa shape index (κ2) is 12.7. The minimum absolute atomic E-state index is 0.262. The molecule has 1 saturated heterocycles. The highest BCUT2D eigenvalue weighted by Crippen LogP contribution is 2.31. The minimum atomic E-state index is -0.262. The Morgan fingerprint density at radius 1 is 1.16 bits per heavy atom. The molecular weight excluding hydrogens is 476 g/mol. The van der Waals surface area contributed by atoms with Gasteiger partial charge in [-0.2, -0.15) is 0 Å². The topological polar surface area (TPSA) is 81.6 Å². The first-order valence-electron chi connectivity index (χ1n) is 12.5. The van der Waals surface area contributed by atoms with Crippen LogP contribution in [0.2, 0.25) is 0 Å². The van der Waals surface area contributed by atoms with Crippen molar-refractivity contribution in [3.05, 3.63) is 90.7 Å². The highest BCUT2D eigenvalue weighted by molar-refractivity contribution is 6.34. The van der Waals surface area contributed by atoms with Crippen LogP contribution in [0.1, 0.15) is 5.56 Å². The zero-order valence-electron chi connectivity index (χ0n) is 22.0. The van der Waals surface area contributed by atoms with E-state index in [1.807, 2.05) is 48.6 Å². The molecule has 0 atom stereocenters. The lowest BCUT2D eigenvalue weighted by Crippen LogP contribution is -2.44. The molecule has 0 bridgehead atoms. The molecule has 0 saturated carbocycles. The van der Waals surface area contributed by atoms with Crippen LogP contribution in [0.3, 0.4) is 0 Å². The molecule has 2 aromatic rings. The molecule has 1 fully saturated rings. The Morgan fingerprint density at radius 2 is 1.97 bits per heavy atom. The number of allylic oxidation sites excluding steroid dienone is 5. The summed E-state index contributed by atoms with van der Waals surface area (Å²) in [6.07, 6.45) is 8.84. The smallest absolute Gasteiger partial charge is 0.247 e. The molecular formula is C30H34N6O2. The molecule has 0 aromatic heterocycles. The summed E-state index contributed by atoms with van der Waals surface area (Å²) in [5.41, 5.74) is 6.14. The molecule has 1 heterocycles. The quantitative estimate of drug-likeness (QED) is 0.380. The van der Waals surface area contributed by atoms with Crippen molar-refractivity contribution < 1.29 is 9.53 Å². The van der Waals surface area contributed by atoms with Gasteiger partial charge in [0.2, 0.25) is 5.91 Å². The average molecular weight is 511 g/mol. The van der Waals surface area contributed by atoms with Gasteiger partial charge in [-0.3, -0.25) is 14.8 Å². The summed E-state index contributed by atoms with van der Waals surface area (Å²) in [6, 6.07) is 13.9. The van der Waals surface area contributed by atoms with Gasteiger partial charge in [-0.25, -0.2) is 0 Å². The van der Waals surface area contributed by atoms with Crippen LogP contribution >= 0.6 is 0 Å². The zero-order valence-corrected chi connectivity index (χ0v) is 22.0. The number of anilines is 3. The monoisotopic (exact) mass is 510 g/mol. The number of hydrogen-bond donors (Lipinski definition) is 2. The third-order valence-electron chi connectivity index (χ3n) is 6.48. The maximum Gasteiger partial charge on any atom is 0.247 e. The van der Waals surface area contributed by atoms with Crippen LogP contribution in [-0.2, 0) is 4.79 Å². The number of carbonyl (C=O) groups is 1. The largest absolute Gasteiger partial charge is 0.495 e. The van der Waals surface area contributed by atoms with Crippen LogP contribution in [0, 0.1) is 0 Å². The van der Waals surface area contributed by atoms with Crippen LogP contribution in [0.5, 0.6) is 5.75 Å². The maximum atomic E-state index is 11.8. The second-order valence-electron chi connectivity index (χ2n) is 9.00. The number of nitrogens with one attached hydrogen (secondary N) is 2. The summed E-state index contributed by atoms with van der Waals surface area (Å²) in [6.45, 7) is 11.5. The highest BCUT2D eigenvalue weighted by Gasteiger charge is 2.18. The fourth-order valence-corrected chi connectivity index (χ4v) is 4.42. The maximum absolute atomic E-state index is 11.8. The Bertz CT molecular complexity index is 1320. The summed E-state index contributed by atoms with van der Waals surface area (Å²) in [5, 5.41) is 6.21. The van der Waals surface area contributed by atoms with Gasteiger partial charge in [0.15, 0.2) is 0 Å². The van der Waals surface area contributed by atoms with Gasteiger partial charge >= 0.3 is 0 Å². The number of methoxy groups -OCH3 is 1. The molecule has 2 aliphatic rings. The van der Waals surface area contributed by atoms with E-state index in [0.717, 1.165) is 65.7 Å². The average Bonchev–Trinajstić information content (AvgIpc) is 2.94. The number of carbonyl (C=O) groups excluding carboxylic acids is 1. The molecule has 8 heteroatoms. The van der Waals surface area contributed by atoms with Crippen LogP contribution in [0.4, 0.5) is 17.1 Å². The van der Waals surface area contributed by atoms with Crippen molar-refractivity contribution in [1.29, 1.82) is 0 Å². The molecule has 1 aliphatic carbocycles. The van der Waals surface area contributed by atoms with Crippen molar-refractivity contribution in [3.8, 4) is 5.75 Å². The van der Waals surface area contributed by atoms with Gasteiger partial charge in [-0.05, 0) is 49.7 Å². The SMILES string of the molecule is C=CC(=O)Nc1cccc(C2=CC=CC(=C/N=C)/C2=N\CNc2ccc(N3CCN(C)CC3)cc2OC)c1. The van der Waals surface area contributed by atoms with Crippen molar-refractivity contribution in [3.63, 3.8) is 0 Å². The molecule has 4 rings (SSSR count). The lowest BCUT2D eigenvalue weighted by Gasteiger charge is -2.34. The molecule has 8 nitrogen and oxygen atoms in total. The molecule has 1 amide bonds. The summed E-state index contributed by atoms with van der Waals surface area (Å²) in [7, 11) is 3.83. The van der Waals surface area contributed by atoms with E-state index >= 15 is 0 Å². The Labute approximate surface area is 224 Å². The van der Waals surface area contributed by atoms with Crippen molar-refractivity contribution in [2.45, 2.75) is 0 Å². The van der Waals surface area contributed by atoms with Crippen LogP contribution < -0.4 is 20.3 Å². The van der Waals surface area contributed by atoms with Crippen molar-refractivity contribution in [2.75, 3.05) is 62.5 Å². The standard InChI is InChI=1S/C30H34N6O2/c1-5-29(37)34-24-10-6-8-22(18-24)26-11-7-9-23(20-31-2)30(26)33-21-32-27-13-12-25(19-28(27)38-4)36-16-14-35(3)15-17-36/h5-13,18-20,32H,1-2,14-17,21H2,3-4H3,(H,34,37)/b23-20-,33-30+. The van der Waals surface area contributed by atoms with Crippen LogP contribution in [0.25, 0.3) is 5.57 Å². The molecule has 0 spiro atoms. The second-order valence-corrected chi connectivity index (χ2v) is 9.00. The van der Waals surface area contributed by atoms with Gasteiger partial charge in [-0.1, -0.05) is 36.9 Å². The number of piperazine rings is 1. The number of benzene rings is 2. The minimum Gasteiger partial charge on any atom is -0.495 e. The molecule has 2 aromatic carbocycles. The number of likely N-dealkylation sites (N-methyl/N-ethyl adjacent to an activating group) is 1. The lowest BCUT2D eigenvalue weighted by atomic mass is 9.92. The van der Waals surface area contributed by atoms with E-state index in [1.54, 1.807) is 13.3 Å². The first kappa shape index (κ1) is 26.6. The summed E-state index contributed by atoms with van der Waals surface area (Å²) >= 11 is 0. The van der Waals surface area contributed by atoms with E-state index in [1.165, 1.54) is 6.08 Å². The number of aliphatic imine (C=N–C) groups is 2. The van der Waals surface area contributed by atoms with E-state index in [-0.39, 0.29) is 5.91 Å². The van der Waals surface area contributed by atoms with E-state index in [2.05, 4.69) is 57.9 Å². The Hall–Kier alpha value is -4.43. The Balaban J connectivity index is 1.55. The van der Waals surface area contributed by atoms with Gasteiger partial charge in [0, 0.05) is 61.0 Å². The van der Waals surface area contributed by atoms with Crippen LogP contribution in [-0.4, -0.2) is 70.2 Å². The van der Waals surface area contributed by atoms with Gasteiger partial charge in [0.25, 0.3) is 0 Å². The van der Waals surface area contributed by atoms with Crippen molar-refractivity contribution in [1.82, 2.24) is 4.90 Å². The fraction of sp³-hybridized carbons (Fsp3) is 0.233. The summed E-state index contributed by atoms with van der Waals surface area (Å²) in [4.78, 5) is 25.4. The number of amides is 1. The van der Waals surface area contributed by atoms with E-state index in [0.29, 0.717) is 12.4 Å². The highest BCUT2D eigenvalue weighted by atomic mass is 16.5. The Kier molecular flexibility index (Phi) is 8.89. The van der Waals surface area contributed by atoms with Crippen LogP contribution in [0.15, 0.2) is 95.1 Å². The van der Waals surface area contributed by atoms with Crippen molar-refractivity contribution >= 4 is 41.0 Å². The molecule has 196 valence electrons.